The maximum atomic E-state index is 11.1. The average molecular weight is 235 g/mol. The molecule has 92 valence electrons. The van der Waals surface area contributed by atoms with Crippen molar-refractivity contribution in [3.05, 3.63) is 42.5 Å². The normalized spacial score (nSPS) is 9.94. The Bertz CT molecular complexity index is 390. The highest BCUT2D eigenvalue weighted by molar-refractivity contribution is 5.94. The van der Waals surface area contributed by atoms with Crippen LogP contribution in [0.3, 0.4) is 0 Å². The zero-order valence-electron chi connectivity index (χ0n) is 9.93. The summed E-state index contributed by atoms with van der Waals surface area (Å²) in [6.45, 7) is 5.44. The summed E-state index contributed by atoms with van der Waals surface area (Å²) in [5, 5.41) is 9.12. The summed E-state index contributed by atoms with van der Waals surface area (Å²) in [6, 6.07) is 6.93. The van der Waals surface area contributed by atoms with E-state index >= 15 is 0 Å². The van der Waals surface area contributed by atoms with Gasteiger partial charge < -0.3 is 14.7 Å². The van der Waals surface area contributed by atoms with Crippen molar-refractivity contribution >= 4 is 11.7 Å². The molecule has 0 aliphatic rings. The van der Waals surface area contributed by atoms with Gasteiger partial charge in [0.05, 0.1) is 17.9 Å². The number of hydrogen-bond acceptors (Lipinski definition) is 3. The summed E-state index contributed by atoms with van der Waals surface area (Å²) in [5.41, 5.74) is 0.988. The predicted octanol–water partition coefficient (Wildman–Crippen LogP) is 2.02. The van der Waals surface area contributed by atoms with E-state index in [9.17, 15) is 4.79 Å². The minimum absolute atomic E-state index is 0.297. The number of carboxylic acid groups (broad SMARTS) is 1. The summed E-state index contributed by atoms with van der Waals surface area (Å²) in [6.07, 6.45) is 1.74. The second-order valence-electron chi connectivity index (χ2n) is 3.55. The molecule has 1 rings (SSSR count). The van der Waals surface area contributed by atoms with E-state index in [0.29, 0.717) is 30.9 Å². The highest BCUT2D eigenvalue weighted by Gasteiger charge is 2.14. The first-order chi connectivity index (χ1) is 8.20. The fraction of sp³-hybridized carbons (Fsp3) is 0.308. The van der Waals surface area contributed by atoms with Crippen LogP contribution in [0.5, 0.6) is 0 Å². The smallest absolute Gasteiger partial charge is 0.337 e. The number of rotatable bonds is 7. The third kappa shape index (κ3) is 3.60. The standard InChI is InChI=1S/C13H17NO3/c1-3-8-14(9-10-17-2)12-7-5-4-6-11(12)13(15)16/h3-7H,1,8-10H2,2H3,(H,15,16). The van der Waals surface area contributed by atoms with Crippen LogP contribution in [0.4, 0.5) is 5.69 Å². The number of carboxylic acids is 1. The Balaban J connectivity index is 2.99. The molecule has 0 unspecified atom stereocenters. The number of anilines is 1. The number of ether oxygens (including phenoxy) is 1. The Labute approximate surface area is 101 Å². The molecule has 0 aliphatic heterocycles. The molecule has 0 aromatic heterocycles. The predicted molar refractivity (Wildman–Crippen MR) is 67.7 cm³/mol. The van der Waals surface area contributed by atoms with Gasteiger partial charge in [0, 0.05) is 20.2 Å². The monoisotopic (exact) mass is 235 g/mol. The second-order valence-corrected chi connectivity index (χ2v) is 3.55. The Kier molecular flexibility index (Phi) is 5.23. The van der Waals surface area contributed by atoms with Crippen LogP contribution in [0.1, 0.15) is 10.4 Å². The number of carbonyl (C=O) groups is 1. The lowest BCUT2D eigenvalue weighted by Gasteiger charge is -2.24. The SMILES string of the molecule is C=CCN(CCOC)c1ccccc1C(=O)O. The lowest BCUT2D eigenvalue weighted by Crippen LogP contribution is -2.28. The molecule has 0 fully saturated rings. The van der Waals surface area contributed by atoms with E-state index in [1.807, 2.05) is 11.0 Å². The molecular weight excluding hydrogens is 218 g/mol. The van der Waals surface area contributed by atoms with Crippen LogP contribution in [0.15, 0.2) is 36.9 Å². The summed E-state index contributed by atoms with van der Waals surface area (Å²) >= 11 is 0. The topological polar surface area (TPSA) is 49.8 Å². The van der Waals surface area contributed by atoms with Crippen LogP contribution in [0, 0.1) is 0 Å². The molecular formula is C13H17NO3. The van der Waals surface area contributed by atoms with Gasteiger partial charge in [0.15, 0.2) is 0 Å². The van der Waals surface area contributed by atoms with Crippen LogP contribution in [-0.4, -0.2) is 37.9 Å². The number of methoxy groups -OCH3 is 1. The number of para-hydroxylation sites is 1. The van der Waals surface area contributed by atoms with Crippen molar-refractivity contribution in [3.8, 4) is 0 Å². The van der Waals surface area contributed by atoms with E-state index in [4.69, 9.17) is 9.84 Å². The van der Waals surface area contributed by atoms with Crippen LogP contribution < -0.4 is 4.90 Å². The number of nitrogens with zero attached hydrogens (tertiary/aromatic N) is 1. The van der Waals surface area contributed by atoms with Gasteiger partial charge in [-0.3, -0.25) is 0 Å². The Morgan fingerprint density at radius 3 is 2.82 bits per heavy atom. The number of benzene rings is 1. The van der Waals surface area contributed by atoms with Crippen molar-refractivity contribution < 1.29 is 14.6 Å². The van der Waals surface area contributed by atoms with Crippen molar-refractivity contribution in [1.29, 1.82) is 0 Å². The highest BCUT2D eigenvalue weighted by atomic mass is 16.5. The summed E-state index contributed by atoms with van der Waals surface area (Å²) in [7, 11) is 1.62. The lowest BCUT2D eigenvalue weighted by molar-refractivity contribution is 0.0697. The molecule has 0 amide bonds. The first kappa shape index (κ1) is 13.3. The quantitative estimate of drug-likeness (QED) is 0.735. The molecule has 0 heterocycles. The van der Waals surface area contributed by atoms with Crippen molar-refractivity contribution in [3.63, 3.8) is 0 Å². The van der Waals surface area contributed by atoms with Crippen molar-refractivity contribution in [2.24, 2.45) is 0 Å². The van der Waals surface area contributed by atoms with Gasteiger partial charge >= 0.3 is 5.97 Å². The van der Waals surface area contributed by atoms with E-state index in [-0.39, 0.29) is 0 Å². The lowest BCUT2D eigenvalue weighted by atomic mass is 10.1. The van der Waals surface area contributed by atoms with Crippen LogP contribution in [0.25, 0.3) is 0 Å². The Morgan fingerprint density at radius 2 is 2.24 bits per heavy atom. The number of hydrogen-bond donors (Lipinski definition) is 1. The molecule has 1 aromatic carbocycles. The molecule has 0 bridgehead atoms. The third-order valence-electron chi connectivity index (χ3n) is 2.39. The highest BCUT2D eigenvalue weighted by Crippen LogP contribution is 2.20. The van der Waals surface area contributed by atoms with Gasteiger partial charge in [-0.1, -0.05) is 18.2 Å². The molecule has 0 aliphatic carbocycles. The fourth-order valence-corrected chi connectivity index (χ4v) is 1.60. The van der Waals surface area contributed by atoms with E-state index in [1.54, 1.807) is 31.4 Å². The summed E-state index contributed by atoms with van der Waals surface area (Å²) < 4.78 is 5.02. The molecule has 0 radical (unpaired) electrons. The molecule has 1 aromatic rings. The maximum Gasteiger partial charge on any atom is 0.337 e. The largest absolute Gasteiger partial charge is 0.478 e. The van der Waals surface area contributed by atoms with Gasteiger partial charge in [-0.15, -0.1) is 6.58 Å². The zero-order chi connectivity index (χ0) is 12.7. The van der Waals surface area contributed by atoms with Gasteiger partial charge in [-0.2, -0.15) is 0 Å². The van der Waals surface area contributed by atoms with Crippen LogP contribution in [0.2, 0.25) is 0 Å². The maximum absolute atomic E-state index is 11.1. The molecule has 17 heavy (non-hydrogen) atoms. The molecule has 4 nitrogen and oxygen atoms in total. The van der Waals surface area contributed by atoms with Gasteiger partial charge in [0.2, 0.25) is 0 Å². The van der Waals surface area contributed by atoms with Crippen molar-refractivity contribution in [1.82, 2.24) is 0 Å². The zero-order valence-corrected chi connectivity index (χ0v) is 9.93. The first-order valence-corrected chi connectivity index (χ1v) is 5.37. The minimum Gasteiger partial charge on any atom is -0.478 e. The Morgan fingerprint density at radius 1 is 1.53 bits per heavy atom. The second kappa shape index (κ2) is 6.70. The summed E-state index contributed by atoms with van der Waals surface area (Å²) in [5.74, 6) is -0.924. The molecule has 0 saturated carbocycles. The molecule has 0 spiro atoms. The first-order valence-electron chi connectivity index (χ1n) is 5.37. The van der Waals surface area contributed by atoms with Crippen LogP contribution in [-0.2, 0) is 4.74 Å². The van der Waals surface area contributed by atoms with Gasteiger partial charge in [-0.05, 0) is 12.1 Å². The Hall–Kier alpha value is -1.81. The molecule has 0 atom stereocenters. The van der Waals surface area contributed by atoms with Gasteiger partial charge in [0.1, 0.15) is 0 Å². The third-order valence-corrected chi connectivity index (χ3v) is 2.39. The fourth-order valence-electron chi connectivity index (χ4n) is 1.60. The minimum atomic E-state index is -0.924. The number of aromatic carboxylic acids is 1. The van der Waals surface area contributed by atoms with E-state index in [0.717, 1.165) is 0 Å². The molecule has 1 N–H and O–H groups in total. The van der Waals surface area contributed by atoms with Crippen LogP contribution >= 0.6 is 0 Å². The van der Waals surface area contributed by atoms with Crippen molar-refractivity contribution in [2.45, 2.75) is 0 Å². The average Bonchev–Trinajstić information content (AvgIpc) is 2.34. The molecule has 4 heteroatoms. The summed E-state index contributed by atoms with van der Waals surface area (Å²) in [4.78, 5) is 13.1. The molecule has 0 saturated heterocycles. The van der Waals surface area contributed by atoms with E-state index in [2.05, 4.69) is 6.58 Å². The van der Waals surface area contributed by atoms with Gasteiger partial charge in [0.25, 0.3) is 0 Å². The van der Waals surface area contributed by atoms with E-state index in [1.165, 1.54) is 0 Å². The van der Waals surface area contributed by atoms with Crippen molar-refractivity contribution in [2.75, 3.05) is 31.7 Å². The van der Waals surface area contributed by atoms with Gasteiger partial charge in [-0.25, -0.2) is 4.79 Å². The van der Waals surface area contributed by atoms with E-state index < -0.39 is 5.97 Å².